The zero-order valence-corrected chi connectivity index (χ0v) is 9.73. The maximum Gasteiger partial charge on any atom is 0.361 e. The van der Waals surface area contributed by atoms with Gasteiger partial charge in [-0.05, 0) is 0 Å². The zero-order chi connectivity index (χ0) is 12.6. The Morgan fingerprint density at radius 2 is 2.18 bits per heavy atom. The van der Waals surface area contributed by atoms with Crippen LogP contribution in [0.25, 0.3) is 0 Å². The number of carbonyl (C=O) groups is 2. The van der Waals surface area contributed by atoms with Crippen molar-refractivity contribution in [2.24, 2.45) is 5.73 Å². The lowest BCUT2D eigenvalue weighted by Gasteiger charge is -2.10. The second-order valence-electron chi connectivity index (χ2n) is 4.47. The molecule has 2 rings (SSSR count). The van der Waals surface area contributed by atoms with Crippen molar-refractivity contribution >= 4 is 11.9 Å². The minimum Gasteiger partial charge on any atom is -0.448 e. The number of amides is 1. The van der Waals surface area contributed by atoms with E-state index >= 15 is 0 Å². The number of oxazole rings is 1. The normalized spacial score (nSPS) is 16.9. The minimum absolute atomic E-state index is 0.0706. The highest BCUT2D eigenvalue weighted by Crippen LogP contribution is 2.39. The average Bonchev–Trinajstić information content (AvgIpc) is 2.87. The number of hydrogen-bond acceptors (Lipinski definition) is 5. The summed E-state index contributed by atoms with van der Waals surface area (Å²) in [6, 6.07) is 0. The summed E-state index contributed by atoms with van der Waals surface area (Å²) in [7, 11) is 0. The third kappa shape index (κ3) is 2.15. The lowest BCUT2D eigenvalue weighted by Crippen LogP contribution is -2.35. The molecule has 1 fully saturated rings. The number of esters is 1. The van der Waals surface area contributed by atoms with E-state index in [9.17, 15) is 9.59 Å². The van der Waals surface area contributed by atoms with Crippen molar-refractivity contribution in [2.75, 3.05) is 0 Å². The summed E-state index contributed by atoms with van der Waals surface area (Å²) in [6.07, 6.45) is 2.18. The lowest BCUT2D eigenvalue weighted by molar-refractivity contribution is -0.128. The molecule has 1 aliphatic rings. The van der Waals surface area contributed by atoms with Crippen LogP contribution in [0.2, 0.25) is 0 Å². The van der Waals surface area contributed by atoms with E-state index in [1.807, 2.05) is 13.8 Å². The minimum atomic E-state index is -1.12. The molecular weight excluding hydrogens is 224 g/mol. The molecule has 0 saturated heterocycles. The molecule has 0 spiro atoms. The molecule has 1 heterocycles. The van der Waals surface area contributed by atoms with Crippen LogP contribution in [-0.2, 0) is 9.53 Å². The van der Waals surface area contributed by atoms with Crippen LogP contribution in [0.5, 0.6) is 0 Å². The van der Waals surface area contributed by atoms with Crippen LogP contribution >= 0.6 is 0 Å². The first-order chi connectivity index (χ1) is 7.94. The van der Waals surface area contributed by atoms with Gasteiger partial charge >= 0.3 is 5.97 Å². The van der Waals surface area contributed by atoms with E-state index in [1.54, 1.807) is 0 Å². The number of carbonyl (C=O) groups excluding carboxylic acids is 2. The molecule has 17 heavy (non-hydrogen) atoms. The van der Waals surface area contributed by atoms with Gasteiger partial charge in [0.2, 0.25) is 0 Å². The molecule has 1 aromatic rings. The zero-order valence-electron chi connectivity index (χ0n) is 9.73. The first-order valence-electron chi connectivity index (χ1n) is 5.43. The number of primary amides is 1. The van der Waals surface area contributed by atoms with E-state index in [-0.39, 0.29) is 11.6 Å². The van der Waals surface area contributed by atoms with E-state index < -0.39 is 17.5 Å². The SMILES string of the molecule is CC(C)c1nc(C(=O)OC2(C(N)=O)CC2)co1. The number of aromatic nitrogens is 1. The van der Waals surface area contributed by atoms with Gasteiger partial charge in [-0.1, -0.05) is 13.8 Å². The standard InChI is InChI=1S/C11H14N2O4/c1-6(2)8-13-7(5-16-8)9(14)17-11(3-4-11)10(12)15/h5-6H,3-4H2,1-2H3,(H2,12,15). The van der Waals surface area contributed by atoms with Crippen LogP contribution in [-0.4, -0.2) is 22.5 Å². The fourth-order valence-corrected chi connectivity index (χ4v) is 1.39. The first kappa shape index (κ1) is 11.6. The molecule has 0 unspecified atom stereocenters. The third-order valence-corrected chi connectivity index (χ3v) is 2.67. The number of nitrogens with zero attached hydrogens (tertiary/aromatic N) is 1. The third-order valence-electron chi connectivity index (χ3n) is 2.67. The van der Waals surface area contributed by atoms with Gasteiger partial charge in [-0.25, -0.2) is 9.78 Å². The van der Waals surface area contributed by atoms with E-state index in [0.717, 1.165) is 0 Å². The molecule has 1 aliphatic carbocycles. The predicted molar refractivity (Wildman–Crippen MR) is 57.2 cm³/mol. The van der Waals surface area contributed by atoms with Crippen molar-refractivity contribution in [1.82, 2.24) is 4.98 Å². The topological polar surface area (TPSA) is 95.4 Å². The number of nitrogens with two attached hydrogens (primary N) is 1. The van der Waals surface area contributed by atoms with Gasteiger partial charge in [-0.3, -0.25) is 4.79 Å². The Hall–Kier alpha value is -1.85. The van der Waals surface area contributed by atoms with Crippen molar-refractivity contribution in [3.05, 3.63) is 17.8 Å². The smallest absolute Gasteiger partial charge is 0.361 e. The Morgan fingerprint density at radius 3 is 2.59 bits per heavy atom. The van der Waals surface area contributed by atoms with Crippen LogP contribution in [0.15, 0.2) is 10.7 Å². The molecule has 0 atom stereocenters. The Labute approximate surface area is 98.1 Å². The number of ether oxygens (including phenoxy) is 1. The highest BCUT2D eigenvalue weighted by molar-refractivity contribution is 5.93. The highest BCUT2D eigenvalue weighted by Gasteiger charge is 2.53. The van der Waals surface area contributed by atoms with E-state index in [2.05, 4.69) is 4.98 Å². The summed E-state index contributed by atoms with van der Waals surface area (Å²) in [5.74, 6) is -0.737. The van der Waals surface area contributed by atoms with Crippen molar-refractivity contribution in [2.45, 2.75) is 38.2 Å². The second-order valence-corrected chi connectivity index (χ2v) is 4.47. The van der Waals surface area contributed by atoms with Crippen molar-refractivity contribution < 1.29 is 18.7 Å². The predicted octanol–water partition coefficient (Wildman–Crippen LogP) is 0.973. The molecular formula is C11H14N2O4. The van der Waals surface area contributed by atoms with Crippen LogP contribution in [0.4, 0.5) is 0 Å². The first-order valence-corrected chi connectivity index (χ1v) is 5.43. The lowest BCUT2D eigenvalue weighted by atomic mass is 10.2. The molecule has 6 nitrogen and oxygen atoms in total. The van der Waals surface area contributed by atoms with Crippen LogP contribution in [0.3, 0.4) is 0 Å². The quantitative estimate of drug-likeness (QED) is 0.788. The average molecular weight is 238 g/mol. The highest BCUT2D eigenvalue weighted by atomic mass is 16.6. The van der Waals surface area contributed by atoms with Crippen molar-refractivity contribution in [3.63, 3.8) is 0 Å². The summed E-state index contributed by atoms with van der Waals surface area (Å²) >= 11 is 0. The van der Waals surface area contributed by atoms with Gasteiger partial charge < -0.3 is 14.9 Å². The molecule has 0 bridgehead atoms. The van der Waals surface area contributed by atoms with Crippen molar-refractivity contribution in [3.8, 4) is 0 Å². The molecule has 1 saturated carbocycles. The molecule has 0 aliphatic heterocycles. The van der Waals surface area contributed by atoms with Crippen LogP contribution in [0, 0.1) is 0 Å². The summed E-state index contributed by atoms with van der Waals surface area (Å²) in [6.45, 7) is 3.79. The Kier molecular flexibility index (Phi) is 2.65. The van der Waals surface area contributed by atoms with E-state index in [0.29, 0.717) is 18.7 Å². The van der Waals surface area contributed by atoms with E-state index in [4.69, 9.17) is 14.9 Å². The fourth-order valence-electron chi connectivity index (χ4n) is 1.39. The molecule has 0 aromatic carbocycles. The maximum atomic E-state index is 11.7. The van der Waals surface area contributed by atoms with Gasteiger partial charge in [0.15, 0.2) is 17.2 Å². The fraction of sp³-hybridized carbons (Fsp3) is 0.545. The van der Waals surface area contributed by atoms with Crippen molar-refractivity contribution in [1.29, 1.82) is 0 Å². The van der Waals surface area contributed by atoms with Crippen LogP contribution < -0.4 is 5.73 Å². The van der Waals surface area contributed by atoms with Gasteiger partial charge in [0.1, 0.15) is 6.26 Å². The Balaban J connectivity index is 2.07. The molecule has 6 heteroatoms. The summed E-state index contributed by atoms with van der Waals surface area (Å²) in [4.78, 5) is 26.7. The molecule has 1 aromatic heterocycles. The molecule has 92 valence electrons. The monoisotopic (exact) mass is 238 g/mol. The second kappa shape index (κ2) is 3.87. The molecule has 2 N–H and O–H groups in total. The Morgan fingerprint density at radius 1 is 1.53 bits per heavy atom. The van der Waals surface area contributed by atoms with Gasteiger partial charge in [0.05, 0.1) is 0 Å². The number of rotatable bonds is 4. The van der Waals surface area contributed by atoms with E-state index in [1.165, 1.54) is 6.26 Å². The summed E-state index contributed by atoms with van der Waals surface area (Å²) in [5, 5.41) is 0. The Bertz CT molecular complexity index is 460. The summed E-state index contributed by atoms with van der Waals surface area (Å²) < 4.78 is 10.2. The molecule has 0 radical (unpaired) electrons. The maximum absolute atomic E-state index is 11.7. The van der Waals surface area contributed by atoms with Crippen LogP contribution in [0.1, 0.15) is 49.0 Å². The largest absolute Gasteiger partial charge is 0.448 e. The van der Waals surface area contributed by atoms with Gasteiger partial charge in [-0.2, -0.15) is 0 Å². The molecule has 1 amide bonds. The summed E-state index contributed by atoms with van der Waals surface area (Å²) in [5.41, 5.74) is 4.11. The number of hydrogen-bond donors (Lipinski definition) is 1. The van der Waals surface area contributed by atoms with Gasteiger partial charge in [0.25, 0.3) is 5.91 Å². The van der Waals surface area contributed by atoms with Gasteiger partial charge in [-0.15, -0.1) is 0 Å². The van der Waals surface area contributed by atoms with Gasteiger partial charge in [0, 0.05) is 18.8 Å².